The van der Waals surface area contributed by atoms with Gasteiger partial charge in [0.1, 0.15) is 0 Å². The Kier molecular flexibility index (Phi) is 6.79. The maximum absolute atomic E-state index is 10.3. The Morgan fingerprint density at radius 3 is 1.73 bits per heavy atom. The van der Waals surface area contributed by atoms with E-state index < -0.39 is 6.10 Å². The Hall–Kier alpha value is -2.66. The van der Waals surface area contributed by atoms with E-state index in [0.29, 0.717) is 13.1 Å². The molecule has 0 bridgehead atoms. The van der Waals surface area contributed by atoms with Crippen molar-refractivity contribution in [2.24, 2.45) is 9.98 Å². The molecule has 26 heavy (non-hydrogen) atoms. The molecule has 3 aliphatic rings. The standard InChI is InChI=1S/C21H26N4O/c26-17-15-24-20-11-5-1-3-9-18(20)22-13-7-8-14-23-19-10-4-2-6-12-21(19)25-16-17/h1-6,9-12,17,22-23,26H,7-8,13-16H2. The minimum Gasteiger partial charge on any atom is -0.389 e. The normalized spacial score (nSPS) is 24.0. The first-order valence-corrected chi connectivity index (χ1v) is 9.18. The number of hydrogen-bond donors (Lipinski definition) is 3. The monoisotopic (exact) mass is 350 g/mol. The average Bonchev–Trinajstić information content (AvgIpc) is 3.01. The number of nitrogens with zero attached hydrogens (tertiary/aromatic N) is 2. The van der Waals surface area contributed by atoms with Gasteiger partial charge in [-0.25, -0.2) is 0 Å². The van der Waals surface area contributed by atoms with Crippen molar-refractivity contribution in [1.82, 2.24) is 10.6 Å². The molecule has 0 aromatic rings. The summed E-state index contributed by atoms with van der Waals surface area (Å²) in [5, 5.41) is 17.3. The summed E-state index contributed by atoms with van der Waals surface area (Å²) in [6.45, 7) is 2.42. The quantitative estimate of drug-likeness (QED) is 0.627. The summed E-state index contributed by atoms with van der Waals surface area (Å²) >= 11 is 0. The Balaban J connectivity index is 1.78. The highest BCUT2D eigenvalue weighted by Crippen LogP contribution is 2.07. The van der Waals surface area contributed by atoms with Gasteiger partial charge in [0, 0.05) is 13.1 Å². The molecule has 5 heteroatoms. The highest BCUT2D eigenvalue weighted by atomic mass is 16.3. The summed E-state index contributed by atoms with van der Waals surface area (Å²) in [7, 11) is 0. The Bertz CT molecular complexity index is 673. The second-order valence-corrected chi connectivity index (χ2v) is 6.32. The average molecular weight is 350 g/mol. The van der Waals surface area contributed by atoms with Gasteiger partial charge in [-0.05, 0) is 37.1 Å². The molecule has 5 nitrogen and oxygen atoms in total. The number of aliphatic hydroxyl groups excluding tert-OH is 1. The van der Waals surface area contributed by atoms with E-state index in [1.54, 1.807) is 0 Å². The molecule has 1 aliphatic heterocycles. The smallest absolute Gasteiger partial charge is 0.0930 e. The second kappa shape index (κ2) is 9.73. The molecule has 0 unspecified atom stereocenters. The van der Waals surface area contributed by atoms with Gasteiger partial charge in [-0.2, -0.15) is 0 Å². The van der Waals surface area contributed by atoms with Crippen LogP contribution in [0.15, 0.2) is 82.1 Å². The molecule has 3 rings (SSSR count). The van der Waals surface area contributed by atoms with Gasteiger partial charge in [-0.3, -0.25) is 9.98 Å². The van der Waals surface area contributed by atoms with E-state index in [0.717, 1.165) is 48.7 Å². The molecule has 0 atom stereocenters. The Labute approximate surface area is 155 Å². The van der Waals surface area contributed by atoms with Crippen LogP contribution in [0.4, 0.5) is 0 Å². The zero-order chi connectivity index (χ0) is 18.0. The molecule has 0 radical (unpaired) electrons. The molecule has 0 saturated heterocycles. The third-order valence-electron chi connectivity index (χ3n) is 4.21. The van der Waals surface area contributed by atoms with E-state index in [2.05, 4.69) is 20.6 Å². The first kappa shape index (κ1) is 18.1. The number of rotatable bonds is 0. The predicted molar refractivity (Wildman–Crippen MR) is 109 cm³/mol. The number of allylic oxidation sites excluding steroid dienone is 10. The van der Waals surface area contributed by atoms with Crippen LogP contribution in [0.25, 0.3) is 0 Å². The molecule has 0 saturated carbocycles. The third kappa shape index (κ3) is 5.43. The van der Waals surface area contributed by atoms with Crippen molar-refractivity contribution in [3.63, 3.8) is 0 Å². The molecule has 0 fully saturated rings. The second-order valence-electron chi connectivity index (χ2n) is 6.32. The summed E-state index contributed by atoms with van der Waals surface area (Å²) in [5.41, 5.74) is 3.73. The first-order valence-electron chi connectivity index (χ1n) is 9.18. The largest absolute Gasteiger partial charge is 0.389 e. The predicted octanol–water partition coefficient (Wildman–Crippen LogP) is 2.22. The number of nitrogens with one attached hydrogen (secondary N) is 2. The SMILES string of the molecule is OC1CN=C2C=CC=CC=C2NCCCCNC2=CC=CC=CC2=NC1. The van der Waals surface area contributed by atoms with Crippen molar-refractivity contribution in [3.8, 4) is 0 Å². The maximum Gasteiger partial charge on any atom is 0.0930 e. The van der Waals surface area contributed by atoms with Gasteiger partial charge in [0.2, 0.25) is 0 Å². The van der Waals surface area contributed by atoms with E-state index in [-0.39, 0.29) is 0 Å². The molecule has 0 aromatic heterocycles. The Morgan fingerprint density at radius 1 is 0.731 bits per heavy atom. The van der Waals surface area contributed by atoms with Crippen molar-refractivity contribution in [2.75, 3.05) is 26.2 Å². The lowest BCUT2D eigenvalue weighted by Gasteiger charge is -2.12. The molecule has 136 valence electrons. The van der Waals surface area contributed by atoms with Crippen LogP contribution >= 0.6 is 0 Å². The number of aliphatic imine (C=N–C) groups is 2. The van der Waals surface area contributed by atoms with Crippen molar-refractivity contribution < 1.29 is 5.11 Å². The zero-order valence-electron chi connectivity index (χ0n) is 14.9. The molecule has 0 aromatic carbocycles. The van der Waals surface area contributed by atoms with Crippen LogP contribution in [-0.4, -0.2) is 48.8 Å². The van der Waals surface area contributed by atoms with Gasteiger partial charge in [0.15, 0.2) is 0 Å². The molecular weight excluding hydrogens is 324 g/mol. The summed E-state index contributed by atoms with van der Waals surface area (Å²) in [5.74, 6) is 0. The molecule has 0 spiro atoms. The maximum atomic E-state index is 10.3. The minimum absolute atomic E-state index is 0.323. The van der Waals surface area contributed by atoms with Gasteiger partial charge in [-0.15, -0.1) is 0 Å². The van der Waals surface area contributed by atoms with Gasteiger partial charge in [0.25, 0.3) is 0 Å². The number of hydrogen-bond acceptors (Lipinski definition) is 5. The molecule has 0 amide bonds. The Morgan fingerprint density at radius 2 is 1.23 bits per heavy atom. The highest BCUT2D eigenvalue weighted by Gasteiger charge is 2.10. The fourth-order valence-electron chi connectivity index (χ4n) is 2.81. The van der Waals surface area contributed by atoms with Crippen molar-refractivity contribution in [1.29, 1.82) is 0 Å². The molecule has 3 N–H and O–H groups in total. The van der Waals surface area contributed by atoms with Crippen LogP contribution in [0.1, 0.15) is 12.8 Å². The van der Waals surface area contributed by atoms with Crippen LogP contribution in [0.5, 0.6) is 0 Å². The lowest BCUT2D eigenvalue weighted by molar-refractivity contribution is 0.192. The first-order chi connectivity index (χ1) is 12.8. The van der Waals surface area contributed by atoms with E-state index >= 15 is 0 Å². The molecule has 2 aliphatic carbocycles. The van der Waals surface area contributed by atoms with Crippen molar-refractivity contribution in [3.05, 3.63) is 72.2 Å². The van der Waals surface area contributed by atoms with Gasteiger partial charge in [0.05, 0.1) is 42.0 Å². The van der Waals surface area contributed by atoms with Crippen LogP contribution in [0.3, 0.4) is 0 Å². The lowest BCUT2D eigenvalue weighted by Crippen LogP contribution is -2.23. The summed E-state index contributed by atoms with van der Waals surface area (Å²) in [4.78, 5) is 9.20. The van der Waals surface area contributed by atoms with E-state index in [1.165, 1.54) is 0 Å². The summed E-state index contributed by atoms with van der Waals surface area (Å²) in [6.07, 6.45) is 21.4. The van der Waals surface area contributed by atoms with E-state index in [4.69, 9.17) is 0 Å². The van der Waals surface area contributed by atoms with Gasteiger partial charge >= 0.3 is 0 Å². The molecular formula is C21H26N4O. The third-order valence-corrected chi connectivity index (χ3v) is 4.21. The van der Waals surface area contributed by atoms with Gasteiger partial charge < -0.3 is 15.7 Å². The van der Waals surface area contributed by atoms with Crippen LogP contribution in [0.2, 0.25) is 0 Å². The van der Waals surface area contributed by atoms with E-state index in [9.17, 15) is 5.11 Å². The summed E-state index contributed by atoms with van der Waals surface area (Å²) in [6, 6.07) is 0. The van der Waals surface area contributed by atoms with Crippen molar-refractivity contribution in [2.45, 2.75) is 18.9 Å². The number of aliphatic hydroxyl groups is 1. The van der Waals surface area contributed by atoms with Crippen molar-refractivity contribution >= 4 is 11.4 Å². The van der Waals surface area contributed by atoms with Gasteiger partial charge in [-0.1, -0.05) is 36.5 Å². The topological polar surface area (TPSA) is 69.0 Å². The lowest BCUT2D eigenvalue weighted by atomic mass is 10.2. The zero-order valence-corrected chi connectivity index (χ0v) is 14.9. The number of fused-ring (bicyclic) bond motifs is 2. The summed E-state index contributed by atoms with van der Waals surface area (Å²) < 4.78 is 0. The highest BCUT2D eigenvalue weighted by molar-refractivity contribution is 6.09. The fraction of sp³-hybridized carbons (Fsp3) is 0.333. The van der Waals surface area contributed by atoms with E-state index in [1.807, 2.05) is 60.8 Å². The van der Waals surface area contributed by atoms with Crippen LogP contribution < -0.4 is 10.6 Å². The van der Waals surface area contributed by atoms with Crippen LogP contribution in [-0.2, 0) is 0 Å². The molecule has 1 heterocycles. The fourth-order valence-corrected chi connectivity index (χ4v) is 2.81. The van der Waals surface area contributed by atoms with Crippen LogP contribution in [0, 0.1) is 0 Å². The minimum atomic E-state index is -0.614.